The first-order valence-electron chi connectivity index (χ1n) is 9.58. The molecule has 32 heavy (non-hydrogen) atoms. The van der Waals surface area contributed by atoms with Crippen LogP contribution in [-0.2, 0) is 4.79 Å². The Morgan fingerprint density at radius 1 is 1.03 bits per heavy atom. The van der Waals surface area contributed by atoms with Gasteiger partial charge in [-0.15, -0.1) is 10.2 Å². The molecule has 0 fully saturated rings. The number of nitrogens with zero attached hydrogens (tertiary/aromatic N) is 4. The van der Waals surface area contributed by atoms with E-state index in [-0.39, 0.29) is 11.7 Å². The minimum atomic E-state index is -0.407. The predicted molar refractivity (Wildman–Crippen MR) is 127 cm³/mol. The van der Waals surface area contributed by atoms with Gasteiger partial charge in [-0.25, -0.2) is 9.82 Å². The number of thioether (sulfide) groups is 1. The minimum Gasteiger partial charge on any atom is -0.272 e. The van der Waals surface area contributed by atoms with Crippen LogP contribution < -0.4 is 5.43 Å². The molecule has 0 bridgehead atoms. The maximum atomic E-state index is 13.6. The Bertz CT molecular complexity index is 1240. The quantitative estimate of drug-likeness (QED) is 0.214. The molecule has 4 aromatic rings. The van der Waals surface area contributed by atoms with Gasteiger partial charge in [0.05, 0.1) is 12.0 Å². The summed E-state index contributed by atoms with van der Waals surface area (Å²) in [5, 5.41) is 13.1. The Labute approximate surface area is 196 Å². The lowest BCUT2D eigenvalue weighted by atomic mass is 10.2. The molecule has 0 radical (unpaired) electrons. The molecule has 160 valence electrons. The fourth-order valence-electron chi connectivity index (χ4n) is 2.88. The van der Waals surface area contributed by atoms with E-state index < -0.39 is 5.82 Å². The van der Waals surface area contributed by atoms with E-state index in [0.717, 1.165) is 15.7 Å². The molecule has 0 atom stereocenters. The van der Waals surface area contributed by atoms with Gasteiger partial charge in [-0.2, -0.15) is 5.10 Å². The summed E-state index contributed by atoms with van der Waals surface area (Å²) in [6.07, 6.45) is 1.27. The molecule has 1 amide bonds. The molecular weight excluding hydrogens is 493 g/mol. The van der Waals surface area contributed by atoms with Crippen molar-refractivity contribution in [3.63, 3.8) is 0 Å². The highest BCUT2D eigenvalue weighted by molar-refractivity contribution is 9.10. The lowest BCUT2D eigenvalue weighted by molar-refractivity contribution is -0.118. The summed E-state index contributed by atoms with van der Waals surface area (Å²) >= 11 is 4.69. The van der Waals surface area contributed by atoms with Gasteiger partial charge in [-0.3, -0.25) is 9.36 Å². The fraction of sp³-hybridized carbons (Fsp3) is 0.0435. The highest BCUT2D eigenvalue weighted by atomic mass is 79.9. The zero-order valence-electron chi connectivity index (χ0n) is 16.7. The maximum absolute atomic E-state index is 13.6. The van der Waals surface area contributed by atoms with E-state index in [2.05, 4.69) is 36.7 Å². The summed E-state index contributed by atoms with van der Waals surface area (Å²) in [6.45, 7) is 0. The largest absolute Gasteiger partial charge is 0.272 e. The number of halogens is 2. The van der Waals surface area contributed by atoms with Gasteiger partial charge in [-0.1, -0.05) is 76.2 Å². The molecular formula is C23H17BrFN5OS. The van der Waals surface area contributed by atoms with Crippen LogP contribution >= 0.6 is 27.7 Å². The molecule has 0 unspecified atom stereocenters. The first-order chi connectivity index (χ1) is 15.6. The topological polar surface area (TPSA) is 72.2 Å². The highest BCUT2D eigenvalue weighted by Gasteiger charge is 2.17. The van der Waals surface area contributed by atoms with Crippen LogP contribution in [0, 0.1) is 5.82 Å². The molecule has 0 spiro atoms. The normalized spacial score (nSPS) is 11.1. The van der Waals surface area contributed by atoms with Crippen LogP contribution in [0.15, 0.2) is 93.6 Å². The van der Waals surface area contributed by atoms with Crippen LogP contribution in [0.3, 0.4) is 0 Å². The molecule has 9 heteroatoms. The van der Waals surface area contributed by atoms with Crippen molar-refractivity contribution in [3.8, 4) is 17.1 Å². The average molecular weight is 510 g/mol. The first kappa shape index (κ1) is 21.9. The van der Waals surface area contributed by atoms with Crippen molar-refractivity contribution in [2.24, 2.45) is 5.10 Å². The monoisotopic (exact) mass is 509 g/mol. The van der Waals surface area contributed by atoms with Crippen molar-refractivity contribution in [3.05, 3.63) is 94.7 Å². The Hall–Kier alpha value is -3.30. The smallest absolute Gasteiger partial charge is 0.250 e. The number of amides is 1. The summed E-state index contributed by atoms with van der Waals surface area (Å²) in [6, 6.07) is 23.7. The number of hydrogen-bond acceptors (Lipinski definition) is 5. The lowest BCUT2D eigenvalue weighted by Gasteiger charge is -2.10. The standard InChI is InChI=1S/C23H17BrFN5OS/c24-18-10-12-19(13-11-18)30-22(16-6-2-1-3-7-16)28-29-23(30)32-15-21(31)27-26-14-17-8-4-5-9-20(17)25/h1-14H,15H2,(H,27,31)/b26-14-. The Morgan fingerprint density at radius 3 is 2.50 bits per heavy atom. The van der Waals surface area contributed by atoms with Crippen LogP contribution in [0.1, 0.15) is 5.56 Å². The van der Waals surface area contributed by atoms with E-state index >= 15 is 0 Å². The van der Waals surface area contributed by atoms with Crippen molar-refractivity contribution in [1.82, 2.24) is 20.2 Å². The number of carbonyl (C=O) groups excluding carboxylic acids is 1. The second-order valence-corrected chi connectivity index (χ2v) is 8.45. The second-order valence-electron chi connectivity index (χ2n) is 6.59. The van der Waals surface area contributed by atoms with E-state index in [0.29, 0.717) is 16.5 Å². The van der Waals surface area contributed by atoms with Gasteiger partial charge in [0.25, 0.3) is 5.91 Å². The van der Waals surface area contributed by atoms with Crippen molar-refractivity contribution >= 4 is 39.8 Å². The molecule has 0 aliphatic heterocycles. The van der Waals surface area contributed by atoms with Gasteiger partial charge >= 0.3 is 0 Å². The van der Waals surface area contributed by atoms with Gasteiger partial charge in [0.1, 0.15) is 5.82 Å². The molecule has 4 rings (SSSR count). The summed E-state index contributed by atoms with van der Waals surface area (Å²) in [5.41, 5.74) is 4.49. The van der Waals surface area contributed by atoms with Crippen molar-refractivity contribution in [2.45, 2.75) is 5.16 Å². The van der Waals surface area contributed by atoms with E-state index in [9.17, 15) is 9.18 Å². The van der Waals surface area contributed by atoms with Crippen LogP contribution in [-0.4, -0.2) is 32.6 Å². The SMILES string of the molecule is O=C(CSc1nnc(-c2ccccc2)n1-c1ccc(Br)cc1)N/N=C\c1ccccc1F. The van der Waals surface area contributed by atoms with E-state index in [4.69, 9.17) is 0 Å². The Morgan fingerprint density at radius 2 is 1.75 bits per heavy atom. The minimum absolute atomic E-state index is 0.0675. The zero-order valence-corrected chi connectivity index (χ0v) is 19.1. The third-order valence-electron chi connectivity index (χ3n) is 4.38. The van der Waals surface area contributed by atoms with Crippen LogP contribution in [0.25, 0.3) is 17.1 Å². The highest BCUT2D eigenvalue weighted by Crippen LogP contribution is 2.28. The Balaban J connectivity index is 1.51. The molecule has 1 heterocycles. The van der Waals surface area contributed by atoms with E-state index in [1.165, 1.54) is 24.0 Å². The third-order valence-corrected chi connectivity index (χ3v) is 5.84. The van der Waals surface area contributed by atoms with Gasteiger partial charge < -0.3 is 0 Å². The zero-order chi connectivity index (χ0) is 22.3. The molecule has 3 aromatic carbocycles. The number of nitrogens with one attached hydrogen (secondary N) is 1. The van der Waals surface area contributed by atoms with Gasteiger partial charge in [0.2, 0.25) is 0 Å². The van der Waals surface area contributed by atoms with Crippen LogP contribution in [0.4, 0.5) is 4.39 Å². The number of carbonyl (C=O) groups is 1. The average Bonchev–Trinajstić information content (AvgIpc) is 3.24. The molecule has 0 aliphatic rings. The number of hydrazone groups is 1. The van der Waals surface area contributed by atoms with Gasteiger partial charge in [-0.05, 0) is 30.3 Å². The van der Waals surface area contributed by atoms with Gasteiger partial charge in [0, 0.05) is 21.3 Å². The molecule has 1 aromatic heterocycles. The van der Waals surface area contributed by atoms with Crippen molar-refractivity contribution in [1.29, 1.82) is 0 Å². The lowest BCUT2D eigenvalue weighted by Crippen LogP contribution is -2.20. The van der Waals surface area contributed by atoms with E-state index in [1.807, 2.05) is 59.2 Å². The number of hydrogen-bond donors (Lipinski definition) is 1. The molecule has 6 nitrogen and oxygen atoms in total. The van der Waals surface area contributed by atoms with Crippen LogP contribution in [0.5, 0.6) is 0 Å². The predicted octanol–water partition coefficient (Wildman–Crippen LogP) is 5.08. The number of aromatic nitrogens is 3. The maximum Gasteiger partial charge on any atom is 0.250 e. The summed E-state index contributed by atoms with van der Waals surface area (Å²) < 4.78 is 16.5. The fourth-order valence-corrected chi connectivity index (χ4v) is 3.89. The molecule has 1 N–H and O–H groups in total. The summed E-state index contributed by atoms with van der Waals surface area (Å²) in [4.78, 5) is 12.3. The van der Waals surface area contributed by atoms with Crippen molar-refractivity contribution in [2.75, 3.05) is 5.75 Å². The molecule has 0 saturated carbocycles. The number of rotatable bonds is 7. The summed E-state index contributed by atoms with van der Waals surface area (Å²) in [7, 11) is 0. The van der Waals surface area contributed by atoms with Gasteiger partial charge in [0.15, 0.2) is 11.0 Å². The number of benzene rings is 3. The molecule has 0 aliphatic carbocycles. The Kier molecular flexibility index (Phi) is 7.08. The van der Waals surface area contributed by atoms with Crippen LogP contribution in [0.2, 0.25) is 0 Å². The second kappa shape index (κ2) is 10.3. The summed E-state index contributed by atoms with van der Waals surface area (Å²) in [5.74, 6) is -0.00329. The van der Waals surface area contributed by atoms with Crippen molar-refractivity contribution < 1.29 is 9.18 Å². The third kappa shape index (κ3) is 5.30. The van der Waals surface area contributed by atoms with E-state index in [1.54, 1.807) is 18.2 Å². The molecule has 0 saturated heterocycles. The first-order valence-corrected chi connectivity index (χ1v) is 11.4.